The summed E-state index contributed by atoms with van der Waals surface area (Å²) < 4.78 is 63.7. The molecular formula is C37H36F2N6O7S. The molecule has 3 aromatic carbocycles. The number of carbonyl (C=O) groups excluding carboxylic acids is 2. The molecule has 16 heteroatoms. The van der Waals surface area contributed by atoms with Crippen LogP contribution in [0.25, 0.3) is 32.9 Å². The number of nitrogens with zero attached hydrogens (tertiary/aromatic N) is 5. The summed E-state index contributed by atoms with van der Waals surface area (Å²) in [5.41, 5.74) is -0.298. The average molecular weight is 747 g/mol. The van der Waals surface area contributed by atoms with Crippen LogP contribution in [0.2, 0.25) is 0 Å². The molecule has 2 aromatic heterocycles. The standard InChI is InChI=1S/C37H36F2N6O7S/c1-37(2,3)52-36(48)45-23-10-11-24(45)20-44(19-23)33-29-18-41-31(28-17-25(46)16-22-6-4-5-7-27(22)28)30(38)32(29)42-35(43-33)51-15-14-40-34(47)21-8-12-26(13-9-21)53(39,49)50/h4-9,12-13,16-18,23-24,46H,10-11,14-15,19-20H2,1-3H3,(H,40,47). The van der Waals surface area contributed by atoms with Gasteiger partial charge in [0.1, 0.15) is 35.0 Å². The highest BCUT2D eigenvalue weighted by molar-refractivity contribution is 7.86. The van der Waals surface area contributed by atoms with Gasteiger partial charge in [0.25, 0.3) is 5.91 Å². The van der Waals surface area contributed by atoms with Crippen LogP contribution in [0.15, 0.2) is 71.8 Å². The number of phenols is 1. The van der Waals surface area contributed by atoms with Crippen LogP contribution < -0.4 is 15.0 Å². The minimum atomic E-state index is -4.91. The van der Waals surface area contributed by atoms with Crippen molar-refractivity contribution in [2.24, 2.45) is 0 Å². The van der Waals surface area contributed by atoms with Crippen LogP contribution in [0.1, 0.15) is 44.0 Å². The number of hydrogen-bond acceptors (Lipinski definition) is 11. The topological polar surface area (TPSA) is 164 Å². The van der Waals surface area contributed by atoms with Crippen molar-refractivity contribution < 1.29 is 40.9 Å². The van der Waals surface area contributed by atoms with Gasteiger partial charge in [-0.2, -0.15) is 18.4 Å². The van der Waals surface area contributed by atoms with E-state index in [1.807, 2.05) is 37.8 Å². The predicted molar refractivity (Wildman–Crippen MR) is 192 cm³/mol. The summed E-state index contributed by atoms with van der Waals surface area (Å²) in [6.07, 6.45) is 2.61. The van der Waals surface area contributed by atoms with Crippen molar-refractivity contribution in [3.8, 4) is 23.0 Å². The molecule has 2 saturated heterocycles. The van der Waals surface area contributed by atoms with E-state index in [-0.39, 0.29) is 59.9 Å². The second kappa shape index (κ2) is 13.7. The molecule has 13 nitrogen and oxygen atoms in total. The smallest absolute Gasteiger partial charge is 0.410 e. The summed E-state index contributed by atoms with van der Waals surface area (Å²) in [5.74, 6) is -1.02. The molecule has 0 aliphatic carbocycles. The molecule has 4 heterocycles. The summed E-state index contributed by atoms with van der Waals surface area (Å²) in [7, 11) is -4.91. The molecule has 2 atom stereocenters. The number of rotatable bonds is 8. The van der Waals surface area contributed by atoms with Crippen molar-refractivity contribution in [1.29, 1.82) is 0 Å². The molecule has 2 unspecified atom stereocenters. The molecule has 2 fully saturated rings. The van der Waals surface area contributed by atoms with E-state index in [4.69, 9.17) is 9.47 Å². The fourth-order valence-corrected chi connectivity index (χ4v) is 7.33. The summed E-state index contributed by atoms with van der Waals surface area (Å²) in [6.45, 7) is 6.08. The number of carbonyl (C=O) groups is 2. The maximum Gasteiger partial charge on any atom is 0.410 e. The Morgan fingerprint density at radius 3 is 2.38 bits per heavy atom. The van der Waals surface area contributed by atoms with Gasteiger partial charge < -0.3 is 24.8 Å². The normalized spacial score (nSPS) is 17.3. The summed E-state index contributed by atoms with van der Waals surface area (Å²) in [5, 5.41) is 14.8. The van der Waals surface area contributed by atoms with Gasteiger partial charge in [0.2, 0.25) is 0 Å². The second-order valence-electron chi connectivity index (χ2n) is 14.0. The zero-order valence-corrected chi connectivity index (χ0v) is 29.9. The van der Waals surface area contributed by atoms with E-state index >= 15 is 4.39 Å². The van der Waals surface area contributed by atoms with E-state index in [9.17, 15) is 27.0 Å². The number of fused-ring (bicyclic) bond motifs is 4. The third-order valence-corrected chi connectivity index (χ3v) is 9.98. The van der Waals surface area contributed by atoms with Gasteiger partial charge in [-0.15, -0.1) is 3.89 Å². The van der Waals surface area contributed by atoms with E-state index in [0.717, 1.165) is 25.0 Å². The number of halogens is 2. The van der Waals surface area contributed by atoms with Crippen LogP contribution in [0.5, 0.6) is 11.8 Å². The zero-order valence-electron chi connectivity index (χ0n) is 29.0. The molecule has 276 valence electrons. The largest absolute Gasteiger partial charge is 0.508 e. The van der Waals surface area contributed by atoms with E-state index in [0.29, 0.717) is 40.6 Å². The number of nitrogens with one attached hydrogen (secondary N) is 1. The maximum absolute atomic E-state index is 16.7. The molecular weight excluding hydrogens is 711 g/mol. The van der Waals surface area contributed by atoms with Gasteiger partial charge in [-0.05, 0) is 80.8 Å². The quantitative estimate of drug-likeness (QED) is 0.147. The lowest BCUT2D eigenvalue weighted by Crippen LogP contribution is -2.57. The molecule has 0 saturated carbocycles. The fourth-order valence-electron chi connectivity index (χ4n) is 6.87. The average Bonchev–Trinajstić information content (AvgIpc) is 3.38. The third kappa shape index (κ3) is 7.36. The minimum Gasteiger partial charge on any atom is -0.508 e. The SMILES string of the molecule is CC(C)(C)OC(=O)N1C2CCC1CN(c1nc(OCCNC(=O)c3ccc(S(=O)(=O)F)cc3)nc3c(F)c(-c4cc(O)cc5ccccc45)ncc13)C2. The number of pyridine rings is 1. The number of ether oxygens (including phenoxy) is 2. The van der Waals surface area contributed by atoms with Gasteiger partial charge in [-0.25, -0.2) is 9.18 Å². The number of anilines is 1. The van der Waals surface area contributed by atoms with Crippen molar-refractivity contribution in [3.05, 3.63) is 78.2 Å². The summed E-state index contributed by atoms with van der Waals surface area (Å²) in [6, 6.07) is 14.1. The Morgan fingerprint density at radius 2 is 1.70 bits per heavy atom. The van der Waals surface area contributed by atoms with Gasteiger partial charge in [0.05, 0.1) is 28.9 Å². The first kappa shape index (κ1) is 35.7. The zero-order chi connectivity index (χ0) is 37.7. The number of amides is 2. The Labute approximate surface area is 303 Å². The number of benzene rings is 3. The minimum absolute atomic E-state index is 0.0310. The Bertz CT molecular complexity index is 2340. The number of hydrogen-bond donors (Lipinski definition) is 2. The molecule has 2 amide bonds. The molecule has 0 radical (unpaired) electrons. The van der Waals surface area contributed by atoms with Crippen LogP contribution in [0.3, 0.4) is 0 Å². The lowest BCUT2D eigenvalue weighted by Gasteiger charge is -2.42. The van der Waals surface area contributed by atoms with E-state index in [2.05, 4.69) is 20.3 Å². The first-order valence-corrected chi connectivity index (χ1v) is 18.3. The summed E-state index contributed by atoms with van der Waals surface area (Å²) in [4.78, 5) is 42.6. The van der Waals surface area contributed by atoms with Crippen LogP contribution in [-0.2, 0) is 15.0 Å². The number of phenolic OH excluding ortho intramolecular Hbond substituents is 1. The summed E-state index contributed by atoms with van der Waals surface area (Å²) >= 11 is 0. The molecule has 2 N–H and O–H groups in total. The van der Waals surface area contributed by atoms with Gasteiger partial charge >= 0.3 is 22.3 Å². The molecule has 53 heavy (non-hydrogen) atoms. The number of aromatic hydroxyl groups is 1. The highest BCUT2D eigenvalue weighted by atomic mass is 32.3. The van der Waals surface area contributed by atoms with Gasteiger partial charge in [0.15, 0.2) is 5.82 Å². The first-order valence-electron chi connectivity index (χ1n) is 17.0. The van der Waals surface area contributed by atoms with Crippen LogP contribution in [0.4, 0.5) is 18.9 Å². The Kier molecular flexibility index (Phi) is 9.26. The molecule has 0 spiro atoms. The van der Waals surface area contributed by atoms with Gasteiger partial charge in [-0.3, -0.25) is 14.7 Å². The lowest BCUT2D eigenvalue weighted by atomic mass is 10.00. The highest BCUT2D eigenvalue weighted by Crippen LogP contribution is 2.39. The van der Waals surface area contributed by atoms with Crippen molar-refractivity contribution in [1.82, 2.24) is 25.2 Å². The van der Waals surface area contributed by atoms with Crippen molar-refractivity contribution in [2.75, 3.05) is 31.1 Å². The van der Waals surface area contributed by atoms with Gasteiger partial charge in [0, 0.05) is 30.4 Å². The van der Waals surface area contributed by atoms with Gasteiger partial charge in [-0.1, -0.05) is 24.3 Å². The maximum atomic E-state index is 16.7. The Balaban J connectivity index is 1.19. The van der Waals surface area contributed by atoms with Crippen LogP contribution in [0, 0.1) is 5.82 Å². The van der Waals surface area contributed by atoms with E-state index < -0.39 is 32.4 Å². The predicted octanol–water partition coefficient (Wildman–Crippen LogP) is 5.74. The van der Waals surface area contributed by atoms with Crippen molar-refractivity contribution in [2.45, 2.75) is 56.2 Å². The lowest BCUT2D eigenvalue weighted by molar-refractivity contribution is 0.0122. The fraction of sp³-hybridized carbons (Fsp3) is 0.324. The van der Waals surface area contributed by atoms with Crippen LogP contribution in [-0.4, -0.2) is 89.3 Å². The molecule has 2 bridgehead atoms. The highest BCUT2D eigenvalue weighted by Gasteiger charge is 2.45. The van der Waals surface area contributed by atoms with E-state index in [1.165, 1.54) is 24.4 Å². The number of aromatic nitrogens is 3. The van der Waals surface area contributed by atoms with Crippen molar-refractivity contribution in [3.63, 3.8) is 0 Å². The Morgan fingerprint density at radius 1 is 1.00 bits per heavy atom. The molecule has 2 aliphatic heterocycles. The molecule has 2 aliphatic rings. The first-order chi connectivity index (χ1) is 25.2. The third-order valence-electron chi connectivity index (χ3n) is 9.15. The monoisotopic (exact) mass is 746 g/mol. The number of piperazine rings is 1. The Hall–Kier alpha value is -5.64. The van der Waals surface area contributed by atoms with Crippen LogP contribution >= 0.6 is 0 Å². The molecule has 5 aromatic rings. The molecule has 7 rings (SSSR count). The van der Waals surface area contributed by atoms with Crippen molar-refractivity contribution >= 4 is 49.7 Å². The second-order valence-corrected chi connectivity index (χ2v) is 15.3. The van der Waals surface area contributed by atoms with E-state index in [1.54, 1.807) is 23.1 Å².